The van der Waals surface area contributed by atoms with Crippen LogP contribution in [0.25, 0.3) is 0 Å². The molecule has 0 aromatic heterocycles. The van der Waals surface area contributed by atoms with Gasteiger partial charge in [0.1, 0.15) is 11.9 Å². The van der Waals surface area contributed by atoms with Gasteiger partial charge in [0.15, 0.2) is 0 Å². The van der Waals surface area contributed by atoms with E-state index in [9.17, 15) is 14.0 Å². The predicted octanol–water partition coefficient (Wildman–Crippen LogP) is 5.19. The van der Waals surface area contributed by atoms with Gasteiger partial charge < -0.3 is 10.2 Å². The summed E-state index contributed by atoms with van der Waals surface area (Å²) in [5.74, 6) is -0.827. The Balaban J connectivity index is 1.97. The first-order valence-electron chi connectivity index (χ1n) is 10.9. The van der Waals surface area contributed by atoms with E-state index in [1.54, 1.807) is 23.1 Å². The Labute approximate surface area is 199 Å². The molecule has 0 unspecified atom stereocenters. The zero-order valence-corrected chi connectivity index (χ0v) is 19.6. The summed E-state index contributed by atoms with van der Waals surface area (Å²) >= 11 is 6.40. The van der Waals surface area contributed by atoms with E-state index >= 15 is 0 Å². The van der Waals surface area contributed by atoms with Crippen LogP contribution in [0.1, 0.15) is 30.5 Å². The van der Waals surface area contributed by atoms with Gasteiger partial charge >= 0.3 is 0 Å². The molecule has 0 heterocycles. The highest BCUT2D eigenvalue weighted by atomic mass is 35.5. The van der Waals surface area contributed by atoms with Crippen molar-refractivity contribution in [1.29, 1.82) is 0 Å². The molecule has 0 aliphatic rings. The molecule has 3 aromatic carbocycles. The van der Waals surface area contributed by atoms with E-state index in [1.165, 1.54) is 12.1 Å². The van der Waals surface area contributed by atoms with Gasteiger partial charge in [0.25, 0.3) is 0 Å². The Hall–Kier alpha value is -3.18. The smallest absolute Gasteiger partial charge is 0.243 e. The SMILES string of the molecule is CC(C)NC(=O)[C@H](Cc1ccccc1)N(Cc1ccccc1Cl)C(=O)Cc1ccc(F)cc1. The van der Waals surface area contributed by atoms with Gasteiger partial charge in [-0.25, -0.2) is 4.39 Å². The number of nitrogens with one attached hydrogen (secondary N) is 1. The average molecular weight is 467 g/mol. The number of amides is 2. The lowest BCUT2D eigenvalue weighted by Crippen LogP contribution is -2.52. The Kier molecular flexibility index (Phi) is 8.61. The van der Waals surface area contributed by atoms with Gasteiger partial charge in [-0.1, -0.05) is 72.3 Å². The Morgan fingerprint density at radius 3 is 2.18 bits per heavy atom. The Bertz CT molecular complexity index is 1070. The zero-order chi connectivity index (χ0) is 23.8. The van der Waals surface area contributed by atoms with E-state index in [0.29, 0.717) is 17.0 Å². The molecule has 0 spiro atoms. The van der Waals surface area contributed by atoms with Crippen LogP contribution >= 0.6 is 11.6 Å². The number of halogens is 2. The lowest BCUT2D eigenvalue weighted by Gasteiger charge is -2.32. The predicted molar refractivity (Wildman–Crippen MR) is 129 cm³/mol. The Morgan fingerprint density at radius 2 is 1.55 bits per heavy atom. The minimum absolute atomic E-state index is 0.0466. The van der Waals surface area contributed by atoms with Gasteiger partial charge in [-0.15, -0.1) is 0 Å². The molecule has 1 atom stereocenters. The number of carbonyl (C=O) groups is 2. The molecule has 3 aromatic rings. The molecule has 0 fully saturated rings. The van der Waals surface area contributed by atoms with Crippen molar-refractivity contribution in [3.63, 3.8) is 0 Å². The van der Waals surface area contributed by atoms with Crippen LogP contribution in [0.5, 0.6) is 0 Å². The van der Waals surface area contributed by atoms with Crippen molar-refractivity contribution in [3.05, 3.63) is 106 Å². The summed E-state index contributed by atoms with van der Waals surface area (Å²) < 4.78 is 13.3. The van der Waals surface area contributed by atoms with Gasteiger partial charge in [0.05, 0.1) is 6.42 Å². The topological polar surface area (TPSA) is 49.4 Å². The van der Waals surface area contributed by atoms with Crippen molar-refractivity contribution in [1.82, 2.24) is 10.2 Å². The second-order valence-electron chi connectivity index (χ2n) is 8.29. The molecule has 0 aliphatic heterocycles. The third-order valence-electron chi connectivity index (χ3n) is 5.27. The van der Waals surface area contributed by atoms with E-state index in [4.69, 9.17) is 11.6 Å². The van der Waals surface area contributed by atoms with Crippen LogP contribution in [0.15, 0.2) is 78.9 Å². The van der Waals surface area contributed by atoms with Crippen LogP contribution in [0, 0.1) is 5.82 Å². The third kappa shape index (κ3) is 7.16. The molecular weight excluding hydrogens is 439 g/mol. The maximum atomic E-state index is 13.5. The van der Waals surface area contributed by atoms with Crippen molar-refractivity contribution in [2.75, 3.05) is 0 Å². The van der Waals surface area contributed by atoms with Crippen molar-refractivity contribution in [2.45, 2.75) is 45.3 Å². The number of hydrogen-bond acceptors (Lipinski definition) is 2. The second kappa shape index (κ2) is 11.6. The largest absolute Gasteiger partial charge is 0.352 e. The number of nitrogens with zero attached hydrogens (tertiary/aromatic N) is 1. The summed E-state index contributed by atoms with van der Waals surface area (Å²) in [5.41, 5.74) is 2.37. The summed E-state index contributed by atoms with van der Waals surface area (Å²) in [5, 5.41) is 3.48. The zero-order valence-electron chi connectivity index (χ0n) is 18.8. The number of carbonyl (C=O) groups excluding carboxylic acids is 2. The van der Waals surface area contributed by atoms with Gasteiger partial charge in [0, 0.05) is 24.0 Å². The molecule has 0 bridgehead atoms. The highest BCUT2D eigenvalue weighted by Crippen LogP contribution is 2.21. The molecule has 172 valence electrons. The van der Waals surface area contributed by atoms with Crippen molar-refractivity contribution in [3.8, 4) is 0 Å². The molecule has 2 amide bonds. The summed E-state index contributed by atoms with van der Waals surface area (Å²) in [6.45, 7) is 3.95. The first kappa shape index (κ1) is 24.5. The van der Waals surface area contributed by atoms with E-state index in [-0.39, 0.29) is 36.6 Å². The molecule has 33 heavy (non-hydrogen) atoms. The summed E-state index contributed by atoms with van der Waals surface area (Å²) in [4.78, 5) is 28.4. The average Bonchev–Trinajstić information content (AvgIpc) is 2.79. The first-order valence-corrected chi connectivity index (χ1v) is 11.3. The molecule has 1 N–H and O–H groups in total. The van der Waals surface area contributed by atoms with Crippen LogP contribution in [-0.4, -0.2) is 28.8 Å². The monoisotopic (exact) mass is 466 g/mol. The molecular formula is C27H28ClFN2O2. The summed E-state index contributed by atoms with van der Waals surface area (Å²) in [6, 6.07) is 21.9. The number of hydrogen-bond donors (Lipinski definition) is 1. The lowest BCUT2D eigenvalue weighted by atomic mass is 10.0. The maximum absolute atomic E-state index is 13.5. The Morgan fingerprint density at radius 1 is 0.909 bits per heavy atom. The number of benzene rings is 3. The van der Waals surface area contributed by atoms with Crippen molar-refractivity contribution >= 4 is 23.4 Å². The fourth-order valence-electron chi connectivity index (χ4n) is 3.62. The van der Waals surface area contributed by atoms with Gasteiger partial charge in [-0.05, 0) is 48.7 Å². The van der Waals surface area contributed by atoms with E-state index in [1.807, 2.05) is 62.4 Å². The quantitative estimate of drug-likeness (QED) is 0.472. The maximum Gasteiger partial charge on any atom is 0.243 e. The minimum Gasteiger partial charge on any atom is -0.352 e. The highest BCUT2D eigenvalue weighted by Gasteiger charge is 2.31. The highest BCUT2D eigenvalue weighted by molar-refractivity contribution is 6.31. The number of rotatable bonds is 9. The van der Waals surface area contributed by atoms with Gasteiger partial charge in [-0.3, -0.25) is 9.59 Å². The van der Waals surface area contributed by atoms with Gasteiger partial charge in [0.2, 0.25) is 11.8 Å². The fraction of sp³-hybridized carbons (Fsp3) is 0.259. The molecule has 6 heteroatoms. The van der Waals surface area contributed by atoms with E-state index in [0.717, 1.165) is 11.1 Å². The van der Waals surface area contributed by atoms with Gasteiger partial charge in [-0.2, -0.15) is 0 Å². The van der Waals surface area contributed by atoms with Crippen LogP contribution in [0.3, 0.4) is 0 Å². The summed E-state index contributed by atoms with van der Waals surface area (Å²) in [7, 11) is 0. The normalized spacial score (nSPS) is 11.8. The standard InChI is InChI=1S/C27H28ClFN2O2/c1-19(2)30-27(33)25(16-20-8-4-3-5-9-20)31(18-22-10-6-7-11-24(22)28)26(32)17-21-12-14-23(29)15-13-21/h3-15,19,25H,16-18H2,1-2H3,(H,30,33)/t25-/m0/s1. The minimum atomic E-state index is -0.737. The second-order valence-corrected chi connectivity index (χ2v) is 8.69. The molecule has 3 rings (SSSR count). The third-order valence-corrected chi connectivity index (χ3v) is 5.64. The van der Waals surface area contributed by atoms with Crippen LogP contribution in [-0.2, 0) is 29.0 Å². The van der Waals surface area contributed by atoms with Crippen molar-refractivity contribution < 1.29 is 14.0 Å². The van der Waals surface area contributed by atoms with Crippen LogP contribution < -0.4 is 5.32 Å². The fourth-order valence-corrected chi connectivity index (χ4v) is 3.82. The van der Waals surface area contributed by atoms with E-state index < -0.39 is 6.04 Å². The lowest BCUT2D eigenvalue weighted by molar-refractivity contribution is -0.141. The molecule has 0 radical (unpaired) electrons. The van der Waals surface area contributed by atoms with Crippen LogP contribution in [0.4, 0.5) is 4.39 Å². The van der Waals surface area contributed by atoms with Crippen LogP contribution in [0.2, 0.25) is 5.02 Å². The van der Waals surface area contributed by atoms with Crippen molar-refractivity contribution in [2.24, 2.45) is 0 Å². The molecule has 0 saturated carbocycles. The van der Waals surface area contributed by atoms with E-state index in [2.05, 4.69) is 5.32 Å². The molecule has 0 aliphatic carbocycles. The molecule has 0 saturated heterocycles. The first-order chi connectivity index (χ1) is 15.8. The summed E-state index contributed by atoms with van der Waals surface area (Å²) in [6.07, 6.45) is 0.407. The molecule has 4 nitrogen and oxygen atoms in total.